The van der Waals surface area contributed by atoms with Gasteiger partial charge < -0.3 is 10.5 Å². The van der Waals surface area contributed by atoms with Crippen LogP contribution in [-0.4, -0.2) is 8.42 Å². The number of hydrogen-bond acceptors (Lipinski definition) is 5. The third-order valence-corrected chi connectivity index (χ3v) is 8.29. The van der Waals surface area contributed by atoms with Crippen LogP contribution in [0.25, 0.3) is 5.76 Å². The number of para-hydroxylation sites is 1. The summed E-state index contributed by atoms with van der Waals surface area (Å²) in [6, 6.07) is 22.3. The second kappa shape index (κ2) is 8.31. The number of benzene rings is 3. The van der Waals surface area contributed by atoms with Crippen molar-refractivity contribution < 1.29 is 17.5 Å². The standard InChI is InChI=1S/C25H17BrFN3O3S/c26-19-12-16(10-11-20(19)27)22-18(13-28)25(29)33-23-17-8-4-5-9-21(17)30(34(31,32)24(22)23)14-15-6-2-1-3-7-15/h1-12,22H,14,29H2/t22-/m0/s1. The summed E-state index contributed by atoms with van der Waals surface area (Å²) < 4.78 is 49.5. The van der Waals surface area contributed by atoms with E-state index in [1.807, 2.05) is 36.4 Å². The van der Waals surface area contributed by atoms with E-state index in [-0.39, 0.29) is 33.1 Å². The van der Waals surface area contributed by atoms with E-state index in [2.05, 4.69) is 15.9 Å². The Bertz CT molecular complexity index is 1530. The third-order valence-electron chi connectivity index (χ3n) is 5.80. The van der Waals surface area contributed by atoms with Gasteiger partial charge in [0.25, 0.3) is 10.0 Å². The zero-order valence-corrected chi connectivity index (χ0v) is 20.0. The molecule has 6 nitrogen and oxygen atoms in total. The van der Waals surface area contributed by atoms with Gasteiger partial charge in [-0.25, -0.2) is 12.8 Å². The lowest BCUT2D eigenvalue weighted by Crippen LogP contribution is -2.39. The first kappa shape index (κ1) is 22.2. The first-order chi connectivity index (χ1) is 16.3. The number of allylic oxidation sites excluding steroid dienone is 2. The molecule has 1 atom stereocenters. The van der Waals surface area contributed by atoms with Gasteiger partial charge >= 0.3 is 0 Å². The van der Waals surface area contributed by atoms with Crippen molar-refractivity contribution in [3.8, 4) is 6.07 Å². The highest BCUT2D eigenvalue weighted by Gasteiger charge is 2.47. The number of hydrogen-bond donors (Lipinski definition) is 1. The summed E-state index contributed by atoms with van der Waals surface area (Å²) in [7, 11) is -4.18. The Labute approximate surface area is 204 Å². The molecule has 0 aromatic heterocycles. The highest BCUT2D eigenvalue weighted by molar-refractivity contribution is 9.10. The monoisotopic (exact) mass is 537 g/mol. The fourth-order valence-corrected chi connectivity index (χ4v) is 6.56. The Hall–Kier alpha value is -3.61. The van der Waals surface area contributed by atoms with Crippen molar-refractivity contribution >= 4 is 37.4 Å². The van der Waals surface area contributed by atoms with Crippen LogP contribution in [0.1, 0.15) is 22.6 Å². The van der Waals surface area contributed by atoms with Gasteiger partial charge in [0.2, 0.25) is 5.88 Å². The Balaban J connectivity index is 1.78. The van der Waals surface area contributed by atoms with Crippen LogP contribution in [0.15, 0.2) is 93.6 Å². The fraction of sp³-hybridized carbons (Fsp3) is 0.0800. The van der Waals surface area contributed by atoms with Crippen LogP contribution in [0.4, 0.5) is 10.1 Å². The summed E-state index contributed by atoms with van der Waals surface area (Å²) in [5.41, 5.74) is 8.21. The molecule has 0 saturated heterocycles. The van der Waals surface area contributed by atoms with Crippen LogP contribution >= 0.6 is 15.9 Å². The smallest absolute Gasteiger partial charge is 0.265 e. The SMILES string of the molecule is N#CC1=C(N)OC2=C([C@H]1c1ccc(F)c(Br)c1)S(=O)(=O)N(Cc1ccccc1)c1ccccc12. The summed E-state index contributed by atoms with van der Waals surface area (Å²) in [6.07, 6.45) is 0. The molecule has 0 spiro atoms. The van der Waals surface area contributed by atoms with E-state index in [0.717, 1.165) is 5.56 Å². The van der Waals surface area contributed by atoms with Crippen LogP contribution in [0.3, 0.4) is 0 Å². The van der Waals surface area contributed by atoms with Gasteiger partial charge in [-0.15, -0.1) is 0 Å². The Morgan fingerprint density at radius 1 is 1.09 bits per heavy atom. The number of ether oxygens (including phenoxy) is 1. The topological polar surface area (TPSA) is 96.4 Å². The average Bonchev–Trinajstić information content (AvgIpc) is 2.83. The van der Waals surface area contributed by atoms with Gasteiger partial charge in [0.05, 0.1) is 22.6 Å². The Kier molecular flexibility index (Phi) is 5.42. The minimum atomic E-state index is -4.18. The van der Waals surface area contributed by atoms with Gasteiger partial charge in [-0.1, -0.05) is 48.5 Å². The normalized spacial score (nSPS) is 18.6. The molecular formula is C25H17BrFN3O3S. The van der Waals surface area contributed by atoms with Crippen LogP contribution in [-0.2, 0) is 21.3 Å². The second-order valence-electron chi connectivity index (χ2n) is 7.81. The predicted octanol–water partition coefficient (Wildman–Crippen LogP) is 5.11. The number of fused-ring (bicyclic) bond motifs is 2. The number of nitriles is 1. The summed E-state index contributed by atoms with van der Waals surface area (Å²) in [5, 5.41) is 9.89. The van der Waals surface area contributed by atoms with Crippen LogP contribution in [0, 0.1) is 17.1 Å². The molecule has 2 heterocycles. The number of nitrogens with two attached hydrogens (primary N) is 1. The molecule has 170 valence electrons. The molecule has 3 aromatic carbocycles. The summed E-state index contributed by atoms with van der Waals surface area (Å²) in [4.78, 5) is -0.105. The zero-order chi connectivity index (χ0) is 24.0. The van der Waals surface area contributed by atoms with Gasteiger partial charge in [0, 0.05) is 5.56 Å². The van der Waals surface area contributed by atoms with E-state index in [9.17, 15) is 18.1 Å². The largest absolute Gasteiger partial charge is 0.439 e. The lowest BCUT2D eigenvalue weighted by Gasteiger charge is -2.38. The van der Waals surface area contributed by atoms with Crippen LogP contribution in [0.2, 0.25) is 0 Å². The summed E-state index contributed by atoms with van der Waals surface area (Å²) >= 11 is 3.16. The highest BCUT2D eigenvalue weighted by atomic mass is 79.9. The Morgan fingerprint density at radius 3 is 2.50 bits per heavy atom. The maximum Gasteiger partial charge on any atom is 0.265 e. The van der Waals surface area contributed by atoms with E-state index in [1.54, 1.807) is 24.3 Å². The number of nitrogens with zero attached hydrogens (tertiary/aromatic N) is 2. The molecule has 2 aliphatic rings. The quantitative estimate of drug-likeness (QED) is 0.500. The lowest BCUT2D eigenvalue weighted by atomic mass is 9.88. The molecule has 0 saturated carbocycles. The van der Waals surface area contributed by atoms with E-state index < -0.39 is 21.8 Å². The molecule has 0 fully saturated rings. The Morgan fingerprint density at radius 2 is 1.79 bits per heavy atom. The van der Waals surface area contributed by atoms with Gasteiger partial charge in [0.1, 0.15) is 22.4 Å². The zero-order valence-electron chi connectivity index (χ0n) is 17.6. The van der Waals surface area contributed by atoms with Crippen molar-refractivity contribution in [1.82, 2.24) is 0 Å². The first-order valence-corrected chi connectivity index (χ1v) is 12.5. The van der Waals surface area contributed by atoms with Gasteiger partial charge in [0.15, 0.2) is 5.76 Å². The van der Waals surface area contributed by atoms with Crippen LogP contribution in [0.5, 0.6) is 0 Å². The molecule has 3 aromatic rings. The van der Waals surface area contributed by atoms with E-state index in [0.29, 0.717) is 16.8 Å². The highest BCUT2D eigenvalue weighted by Crippen LogP contribution is 2.51. The van der Waals surface area contributed by atoms with E-state index in [1.165, 1.54) is 22.5 Å². The van der Waals surface area contributed by atoms with Crippen molar-refractivity contribution in [2.75, 3.05) is 4.31 Å². The van der Waals surface area contributed by atoms with Gasteiger partial charge in [-0.3, -0.25) is 4.31 Å². The van der Waals surface area contributed by atoms with E-state index >= 15 is 0 Å². The minimum Gasteiger partial charge on any atom is -0.439 e. The molecule has 0 amide bonds. The molecule has 0 bridgehead atoms. The van der Waals surface area contributed by atoms with Crippen molar-refractivity contribution in [3.63, 3.8) is 0 Å². The molecule has 0 aliphatic carbocycles. The molecule has 2 aliphatic heterocycles. The molecule has 9 heteroatoms. The number of rotatable bonds is 3. The van der Waals surface area contributed by atoms with Crippen molar-refractivity contribution in [2.45, 2.75) is 12.5 Å². The first-order valence-electron chi connectivity index (χ1n) is 10.3. The van der Waals surface area contributed by atoms with Crippen molar-refractivity contribution in [3.05, 3.63) is 116 Å². The van der Waals surface area contributed by atoms with Gasteiger partial charge in [-0.05, 0) is 51.3 Å². The summed E-state index contributed by atoms with van der Waals surface area (Å²) in [5.74, 6) is -1.69. The lowest BCUT2D eigenvalue weighted by molar-refractivity contribution is 0.357. The molecule has 2 N–H and O–H groups in total. The predicted molar refractivity (Wildman–Crippen MR) is 130 cm³/mol. The fourth-order valence-electron chi connectivity index (χ4n) is 4.25. The minimum absolute atomic E-state index is 0.0557. The van der Waals surface area contributed by atoms with Crippen LogP contribution < -0.4 is 10.0 Å². The maximum atomic E-state index is 14.1. The number of halogens is 2. The van der Waals surface area contributed by atoms with Crippen molar-refractivity contribution in [1.29, 1.82) is 5.26 Å². The number of sulfonamides is 1. The van der Waals surface area contributed by atoms with Crippen molar-refractivity contribution in [2.24, 2.45) is 5.73 Å². The molecule has 5 rings (SSSR count). The maximum absolute atomic E-state index is 14.1. The summed E-state index contributed by atoms with van der Waals surface area (Å²) in [6.45, 7) is 0.0812. The average molecular weight is 538 g/mol. The third kappa shape index (κ3) is 3.47. The van der Waals surface area contributed by atoms with E-state index in [4.69, 9.17) is 10.5 Å². The number of anilines is 1. The molecule has 0 radical (unpaired) electrons. The second-order valence-corrected chi connectivity index (χ2v) is 10.5. The molecule has 34 heavy (non-hydrogen) atoms. The van der Waals surface area contributed by atoms with Gasteiger partial charge in [-0.2, -0.15) is 5.26 Å². The molecular weight excluding hydrogens is 521 g/mol. The molecule has 0 unspecified atom stereocenters.